The first-order valence-electron chi connectivity index (χ1n) is 7.85. The summed E-state index contributed by atoms with van der Waals surface area (Å²) in [6.07, 6.45) is 1.93. The van der Waals surface area contributed by atoms with Crippen LogP contribution in [-0.2, 0) is 0 Å². The van der Waals surface area contributed by atoms with Crippen LogP contribution in [0, 0.1) is 11.6 Å². The summed E-state index contributed by atoms with van der Waals surface area (Å²) < 4.78 is 27.3. The first kappa shape index (κ1) is 16.4. The van der Waals surface area contributed by atoms with E-state index in [9.17, 15) is 8.78 Å². The quantitative estimate of drug-likeness (QED) is 0.899. The van der Waals surface area contributed by atoms with Crippen LogP contribution in [0.3, 0.4) is 0 Å². The third-order valence-corrected chi connectivity index (χ3v) is 4.20. The van der Waals surface area contributed by atoms with Gasteiger partial charge in [0, 0.05) is 43.8 Å². The van der Waals surface area contributed by atoms with E-state index in [0.717, 1.165) is 25.5 Å². The van der Waals surface area contributed by atoms with E-state index in [1.807, 2.05) is 0 Å². The van der Waals surface area contributed by atoms with Gasteiger partial charge >= 0.3 is 0 Å². The zero-order valence-corrected chi connectivity index (χ0v) is 13.4. The molecule has 0 bridgehead atoms. The minimum absolute atomic E-state index is 0. The van der Waals surface area contributed by atoms with E-state index >= 15 is 0 Å². The van der Waals surface area contributed by atoms with Gasteiger partial charge in [0.1, 0.15) is 11.6 Å². The van der Waals surface area contributed by atoms with Crippen molar-refractivity contribution in [1.82, 2.24) is 10.2 Å². The highest BCUT2D eigenvalue weighted by atomic mass is 19.1. The number of halogens is 2. The Kier molecular flexibility index (Phi) is 5.33. The lowest BCUT2D eigenvalue weighted by atomic mass is 9.90. The molecule has 120 valence electrons. The fourth-order valence-corrected chi connectivity index (χ4v) is 3.30. The Bertz CT molecular complexity index is 480. The predicted molar refractivity (Wildman–Crippen MR) is 84.3 cm³/mol. The second kappa shape index (κ2) is 6.84. The molecule has 0 unspecified atom stereocenters. The number of hydrogen-bond acceptors (Lipinski definition) is 2. The molecule has 0 spiro atoms. The van der Waals surface area contributed by atoms with Crippen LogP contribution in [-0.4, -0.2) is 29.6 Å². The lowest BCUT2D eigenvalue weighted by molar-refractivity contribution is 0.0881. The van der Waals surface area contributed by atoms with E-state index in [4.69, 9.17) is 0 Å². The van der Waals surface area contributed by atoms with Crippen LogP contribution in [0.5, 0.6) is 0 Å². The van der Waals surface area contributed by atoms with Gasteiger partial charge in [-0.1, -0.05) is 19.9 Å². The molecule has 0 amide bonds. The summed E-state index contributed by atoms with van der Waals surface area (Å²) in [7, 11) is 0. The molecule has 0 aliphatic carbocycles. The SMILES string of the molecule is CC(C)N[C@@H]1CCN(C(C)C)[C@H](c2ccc(F)cc2F)C1.[HH]. The number of hydrogen-bond donors (Lipinski definition) is 1. The molecule has 1 N–H and O–H groups in total. The van der Waals surface area contributed by atoms with Gasteiger partial charge < -0.3 is 5.32 Å². The van der Waals surface area contributed by atoms with Crippen molar-refractivity contribution in [3.63, 3.8) is 0 Å². The minimum Gasteiger partial charge on any atom is -0.312 e. The normalized spacial score (nSPS) is 24.0. The molecule has 1 aromatic carbocycles. The molecule has 1 aromatic rings. The lowest BCUT2D eigenvalue weighted by Gasteiger charge is -2.43. The standard InChI is InChI=1S/C17H26F2N2.H2/c1-11(2)20-14-7-8-21(12(3)4)17(10-14)15-6-5-13(18)9-16(15)19;/h5-6,9,11-12,14,17,20H,7-8,10H2,1-4H3;1H/t14-,17+;/m1./s1. The Labute approximate surface area is 128 Å². The highest BCUT2D eigenvalue weighted by Crippen LogP contribution is 2.34. The largest absolute Gasteiger partial charge is 0.312 e. The van der Waals surface area contributed by atoms with Gasteiger partial charge in [-0.2, -0.15) is 0 Å². The lowest BCUT2D eigenvalue weighted by Crippen LogP contribution is -2.48. The smallest absolute Gasteiger partial charge is 0.130 e. The fourth-order valence-electron chi connectivity index (χ4n) is 3.30. The Morgan fingerprint density at radius 3 is 2.52 bits per heavy atom. The van der Waals surface area contributed by atoms with Gasteiger partial charge in [0.15, 0.2) is 0 Å². The average Bonchev–Trinajstić information content (AvgIpc) is 2.37. The van der Waals surface area contributed by atoms with Crippen molar-refractivity contribution in [2.45, 2.75) is 64.7 Å². The van der Waals surface area contributed by atoms with Crippen molar-refractivity contribution in [3.05, 3.63) is 35.4 Å². The maximum absolute atomic E-state index is 14.2. The van der Waals surface area contributed by atoms with Crippen molar-refractivity contribution in [2.75, 3.05) is 6.54 Å². The molecule has 0 aromatic heterocycles. The van der Waals surface area contributed by atoms with E-state index in [2.05, 4.69) is 37.9 Å². The molecule has 0 saturated carbocycles. The molecule has 1 heterocycles. The van der Waals surface area contributed by atoms with Crippen molar-refractivity contribution in [3.8, 4) is 0 Å². The monoisotopic (exact) mass is 298 g/mol. The third-order valence-electron chi connectivity index (χ3n) is 4.20. The van der Waals surface area contributed by atoms with E-state index in [1.54, 1.807) is 6.07 Å². The molecule has 4 heteroatoms. The number of piperidine rings is 1. The van der Waals surface area contributed by atoms with Crippen molar-refractivity contribution in [1.29, 1.82) is 0 Å². The number of nitrogens with one attached hydrogen (secondary N) is 1. The molecule has 2 nitrogen and oxygen atoms in total. The van der Waals surface area contributed by atoms with Crippen LogP contribution in [0.25, 0.3) is 0 Å². The predicted octanol–water partition coefficient (Wildman–Crippen LogP) is 4.12. The highest BCUT2D eigenvalue weighted by molar-refractivity contribution is 5.23. The molecular weight excluding hydrogens is 270 g/mol. The summed E-state index contributed by atoms with van der Waals surface area (Å²) in [5, 5.41) is 3.55. The highest BCUT2D eigenvalue weighted by Gasteiger charge is 2.32. The van der Waals surface area contributed by atoms with Crippen LogP contribution in [0.15, 0.2) is 18.2 Å². The molecule has 1 aliphatic heterocycles. The van der Waals surface area contributed by atoms with Gasteiger partial charge in [-0.05, 0) is 32.8 Å². The fraction of sp³-hybridized carbons (Fsp3) is 0.647. The topological polar surface area (TPSA) is 15.3 Å². The van der Waals surface area contributed by atoms with Gasteiger partial charge in [0.2, 0.25) is 0 Å². The minimum atomic E-state index is -0.514. The first-order chi connectivity index (χ1) is 9.88. The molecule has 1 fully saturated rings. The summed E-state index contributed by atoms with van der Waals surface area (Å²) in [5.74, 6) is -0.948. The van der Waals surface area contributed by atoms with Crippen LogP contribution in [0.2, 0.25) is 0 Å². The molecule has 21 heavy (non-hydrogen) atoms. The van der Waals surface area contributed by atoms with Crippen LogP contribution >= 0.6 is 0 Å². The number of nitrogens with zero attached hydrogens (tertiary/aromatic N) is 1. The summed E-state index contributed by atoms with van der Waals surface area (Å²) in [5.41, 5.74) is 0.611. The van der Waals surface area contributed by atoms with E-state index in [0.29, 0.717) is 23.7 Å². The summed E-state index contributed by atoms with van der Waals surface area (Å²) in [6.45, 7) is 9.45. The zero-order valence-electron chi connectivity index (χ0n) is 13.4. The van der Waals surface area contributed by atoms with Crippen molar-refractivity contribution in [2.24, 2.45) is 0 Å². The summed E-state index contributed by atoms with van der Waals surface area (Å²) >= 11 is 0. The molecule has 1 saturated heterocycles. The second-order valence-electron chi connectivity index (χ2n) is 6.56. The molecule has 2 atom stereocenters. The molecular formula is C17H28F2N2. The van der Waals surface area contributed by atoms with Crippen LogP contribution in [0.4, 0.5) is 8.78 Å². The second-order valence-corrected chi connectivity index (χ2v) is 6.56. The molecule has 1 aliphatic rings. The number of benzene rings is 1. The molecule has 0 radical (unpaired) electrons. The first-order valence-corrected chi connectivity index (χ1v) is 7.85. The van der Waals surface area contributed by atoms with Crippen LogP contribution in [0.1, 0.15) is 53.6 Å². The Morgan fingerprint density at radius 2 is 1.95 bits per heavy atom. The van der Waals surface area contributed by atoms with Crippen LogP contribution < -0.4 is 5.32 Å². The van der Waals surface area contributed by atoms with Gasteiger partial charge in [0.05, 0.1) is 0 Å². The van der Waals surface area contributed by atoms with Gasteiger partial charge in [-0.3, -0.25) is 4.90 Å². The van der Waals surface area contributed by atoms with E-state index in [1.165, 1.54) is 6.07 Å². The summed E-state index contributed by atoms with van der Waals surface area (Å²) in [4.78, 5) is 2.31. The maximum atomic E-state index is 14.2. The number of rotatable bonds is 4. The van der Waals surface area contributed by atoms with Crippen molar-refractivity contribution < 1.29 is 10.2 Å². The maximum Gasteiger partial charge on any atom is 0.130 e. The van der Waals surface area contributed by atoms with Gasteiger partial charge in [0.25, 0.3) is 0 Å². The van der Waals surface area contributed by atoms with E-state index < -0.39 is 11.6 Å². The third kappa shape index (κ3) is 4.01. The van der Waals surface area contributed by atoms with Gasteiger partial charge in [-0.15, -0.1) is 0 Å². The molecule has 2 rings (SSSR count). The summed E-state index contributed by atoms with van der Waals surface area (Å²) in [6, 6.07) is 5.11. The Balaban J connectivity index is 0.00000242. The average molecular weight is 298 g/mol. The Morgan fingerprint density at radius 1 is 1.24 bits per heavy atom. The van der Waals surface area contributed by atoms with E-state index in [-0.39, 0.29) is 7.47 Å². The van der Waals surface area contributed by atoms with Gasteiger partial charge in [-0.25, -0.2) is 8.78 Å². The number of likely N-dealkylation sites (tertiary alicyclic amines) is 1. The zero-order chi connectivity index (χ0) is 15.6. The van der Waals surface area contributed by atoms with Crippen molar-refractivity contribution >= 4 is 0 Å². The Hall–Kier alpha value is -1.00.